The Morgan fingerprint density at radius 2 is 1.88 bits per heavy atom. The summed E-state index contributed by atoms with van der Waals surface area (Å²) in [6.45, 7) is 4.48. The molecule has 7 heteroatoms. The summed E-state index contributed by atoms with van der Waals surface area (Å²) in [4.78, 5) is 24.1. The highest BCUT2D eigenvalue weighted by atomic mass is 16.2. The van der Waals surface area contributed by atoms with Gasteiger partial charge in [0.2, 0.25) is 0 Å². The van der Waals surface area contributed by atoms with Crippen LogP contribution in [0.1, 0.15) is 33.9 Å². The van der Waals surface area contributed by atoms with Crippen molar-refractivity contribution in [3.8, 4) is 0 Å². The highest BCUT2D eigenvalue weighted by Gasteiger charge is 2.13. The molecule has 0 unspecified atom stereocenters. The van der Waals surface area contributed by atoms with Gasteiger partial charge in [0.25, 0.3) is 11.5 Å². The van der Waals surface area contributed by atoms with Crippen molar-refractivity contribution in [2.75, 3.05) is 6.54 Å². The van der Waals surface area contributed by atoms with E-state index in [9.17, 15) is 9.59 Å². The molecule has 7 nitrogen and oxygen atoms in total. The molecule has 0 saturated carbocycles. The fourth-order valence-electron chi connectivity index (χ4n) is 2.78. The van der Waals surface area contributed by atoms with Gasteiger partial charge in [0.05, 0.1) is 11.1 Å². The molecule has 3 N–H and O–H groups in total. The summed E-state index contributed by atoms with van der Waals surface area (Å²) in [6, 6.07) is 6.95. The third-order valence-electron chi connectivity index (χ3n) is 4.08. The predicted octanol–water partition coefficient (Wildman–Crippen LogP) is 1.63. The Morgan fingerprint density at radius 1 is 1.12 bits per heavy atom. The van der Waals surface area contributed by atoms with E-state index >= 15 is 0 Å². The van der Waals surface area contributed by atoms with Crippen molar-refractivity contribution < 1.29 is 4.79 Å². The largest absolute Gasteiger partial charge is 0.351 e. The van der Waals surface area contributed by atoms with Gasteiger partial charge in [-0.3, -0.25) is 14.7 Å². The van der Waals surface area contributed by atoms with Gasteiger partial charge in [-0.15, -0.1) is 0 Å². The normalized spacial score (nSPS) is 10.9. The Kier molecular flexibility index (Phi) is 4.41. The van der Waals surface area contributed by atoms with Crippen molar-refractivity contribution in [3.05, 3.63) is 57.3 Å². The average molecular weight is 325 g/mol. The molecule has 0 aliphatic rings. The van der Waals surface area contributed by atoms with Crippen LogP contribution in [0.15, 0.2) is 29.1 Å². The van der Waals surface area contributed by atoms with E-state index in [1.165, 1.54) is 5.56 Å². The fourth-order valence-corrected chi connectivity index (χ4v) is 2.78. The molecule has 0 atom stereocenters. The molecule has 124 valence electrons. The van der Waals surface area contributed by atoms with Gasteiger partial charge in [0.1, 0.15) is 0 Å². The van der Waals surface area contributed by atoms with Crippen LogP contribution in [0.4, 0.5) is 0 Å². The molecule has 0 bridgehead atoms. The van der Waals surface area contributed by atoms with Crippen LogP contribution in [0.2, 0.25) is 0 Å². The van der Waals surface area contributed by atoms with Crippen LogP contribution >= 0.6 is 0 Å². The van der Waals surface area contributed by atoms with Crippen LogP contribution in [0.5, 0.6) is 0 Å². The monoisotopic (exact) mass is 325 g/mol. The van der Waals surface area contributed by atoms with E-state index < -0.39 is 0 Å². The first-order valence-corrected chi connectivity index (χ1v) is 7.84. The molecule has 0 aliphatic heterocycles. The zero-order chi connectivity index (χ0) is 17.1. The van der Waals surface area contributed by atoms with E-state index in [1.807, 2.05) is 13.8 Å². The second-order valence-electron chi connectivity index (χ2n) is 5.72. The van der Waals surface area contributed by atoms with Crippen molar-refractivity contribution in [2.24, 2.45) is 0 Å². The van der Waals surface area contributed by atoms with E-state index in [2.05, 4.69) is 25.7 Å². The molecule has 1 aromatic carbocycles. The third kappa shape index (κ3) is 3.05. The number of fused-ring (bicyclic) bond motifs is 1. The van der Waals surface area contributed by atoms with Crippen LogP contribution in [0.25, 0.3) is 10.8 Å². The molecule has 3 aromatic rings. The van der Waals surface area contributed by atoms with E-state index in [-0.39, 0.29) is 17.2 Å². The number of benzene rings is 1. The maximum absolute atomic E-state index is 12.4. The van der Waals surface area contributed by atoms with E-state index in [4.69, 9.17) is 0 Å². The zero-order valence-corrected chi connectivity index (χ0v) is 13.6. The van der Waals surface area contributed by atoms with Gasteiger partial charge in [-0.2, -0.15) is 10.2 Å². The van der Waals surface area contributed by atoms with Gasteiger partial charge in [0, 0.05) is 17.6 Å². The Bertz CT molecular complexity index is 922. The Morgan fingerprint density at radius 3 is 2.58 bits per heavy atom. The minimum atomic E-state index is -0.298. The summed E-state index contributed by atoms with van der Waals surface area (Å²) in [6.07, 6.45) is 1.64. The second-order valence-corrected chi connectivity index (χ2v) is 5.72. The highest BCUT2D eigenvalue weighted by molar-refractivity contribution is 6.04. The SMILES string of the molecule is Cc1n[nH]c(C)c1CCCNC(=O)c1n[nH]c(=O)c2ccccc12. The number of aromatic amines is 2. The number of hydrogen-bond acceptors (Lipinski definition) is 4. The van der Waals surface area contributed by atoms with Crippen LogP contribution in [0.3, 0.4) is 0 Å². The smallest absolute Gasteiger partial charge is 0.272 e. The molecule has 0 fully saturated rings. The third-order valence-corrected chi connectivity index (χ3v) is 4.08. The Labute approximate surface area is 138 Å². The molecule has 1 amide bonds. The minimum absolute atomic E-state index is 0.237. The number of rotatable bonds is 5. The lowest BCUT2D eigenvalue weighted by Gasteiger charge is -2.07. The molecule has 3 rings (SSSR count). The lowest BCUT2D eigenvalue weighted by atomic mass is 10.1. The number of carbonyl (C=O) groups is 1. The van der Waals surface area contributed by atoms with Crippen LogP contribution in [-0.2, 0) is 6.42 Å². The minimum Gasteiger partial charge on any atom is -0.351 e. The van der Waals surface area contributed by atoms with Gasteiger partial charge in [0.15, 0.2) is 5.69 Å². The molecule has 0 spiro atoms. The lowest BCUT2D eigenvalue weighted by Crippen LogP contribution is -2.27. The van der Waals surface area contributed by atoms with Crippen molar-refractivity contribution in [1.29, 1.82) is 0 Å². The van der Waals surface area contributed by atoms with Crippen LogP contribution in [-0.4, -0.2) is 32.8 Å². The van der Waals surface area contributed by atoms with E-state index in [1.54, 1.807) is 24.3 Å². The van der Waals surface area contributed by atoms with Gasteiger partial charge in [-0.25, -0.2) is 5.10 Å². The molecule has 0 aliphatic carbocycles. The number of aryl methyl sites for hydroxylation is 2. The molecule has 0 saturated heterocycles. The number of amides is 1. The predicted molar refractivity (Wildman–Crippen MR) is 91.1 cm³/mol. The van der Waals surface area contributed by atoms with Gasteiger partial charge >= 0.3 is 0 Å². The summed E-state index contributed by atoms with van der Waals surface area (Å²) in [7, 11) is 0. The van der Waals surface area contributed by atoms with Gasteiger partial charge in [-0.05, 0) is 38.3 Å². The van der Waals surface area contributed by atoms with Crippen LogP contribution < -0.4 is 10.9 Å². The molecule has 2 heterocycles. The molecular formula is C17H19N5O2. The summed E-state index contributed by atoms with van der Waals surface area (Å²) in [5, 5.41) is 17.3. The maximum Gasteiger partial charge on any atom is 0.272 e. The first-order chi connectivity index (χ1) is 11.6. The number of nitrogens with zero attached hydrogens (tertiary/aromatic N) is 2. The van der Waals surface area contributed by atoms with Crippen LogP contribution in [0, 0.1) is 13.8 Å². The quantitative estimate of drug-likeness (QED) is 0.620. The summed E-state index contributed by atoms with van der Waals surface area (Å²) in [5.74, 6) is -0.289. The van der Waals surface area contributed by atoms with E-state index in [0.717, 1.165) is 24.2 Å². The highest BCUT2D eigenvalue weighted by Crippen LogP contribution is 2.13. The van der Waals surface area contributed by atoms with Crippen molar-refractivity contribution >= 4 is 16.7 Å². The number of hydrogen-bond donors (Lipinski definition) is 3. The van der Waals surface area contributed by atoms with Crippen molar-refractivity contribution in [1.82, 2.24) is 25.7 Å². The number of H-pyrrole nitrogens is 2. The maximum atomic E-state index is 12.4. The van der Waals surface area contributed by atoms with Crippen molar-refractivity contribution in [2.45, 2.75) is 26.7 Å². The van der Waals surface area contributed by atoms with Gasteiger partial charge < -0.3 is 5.32 Å². The standard InChI is InChI=1S/C17H19N5O2/c1-10-12(11(2)20-19-10)8-5-9-18-17(24)15-13-6-3-4-7-14(13)16(23)22-21-15/h3-4,6-7H,5,8-9H2,1-2H3,(H,18,24)(H,19,20)(H,22,23). The molecule has 2 aromatic heterocycles. The lowest BCUT2D eigenvalue weighted by molar-refractivity contribution is 0.0949. The topological polar surface area (TPSA) is 104 Å². The number of nitrogens with one attached hydrogen (secondary N) is 3. The number of carbonyl (C=O) groups excluding carboxylic acids is 1. The van der Waals surface area contributed by atoms with E-state index in [0.29, 0.717) is 17.3 Å². The van der Waals surface area contributed by atoms with Crippen molar-refractivity contribution in [3.63, 3.8) is 0 Å². The molecule has 24 heavy (non-hydrogen) atoms. The average Bonchev–Trinajstić information content (AvgIpc) is 2.90. The Hall–Kier alpha value is -2.96. The molecular weight excluding hydrogens is 306 g/mol. The van der Waals surface area contributed by atoms with Gasteiger partial charge in [-0.1, -0.05) is 18.2 Å². The fraction of sp³-hybridized carbons (Fsp3) is 0.294. The summed E-state index contributed by atoms with van der Waals surface area (Å²) >= 11 is 0. The zero-order valence-electron chi connectivity index (χ0n) is 13.6. The Balaban J connectivity index is 1.66. The summed E-state index contributed by atoms with van der Waals surface area (Å²) in [5.41, 5.74) is 3.19. The first kappa shape index (κ1) is 15.9. The first-order valence-electron chi connectivity index (χ1n) is 7.84. The molecule has 0 radical (unpaired) electrons. The second kappa shape index (κ2) is 6.66. The summed E-state index contributed by atoms with van der Waals surface area (Å²) < 4.78 is 0. The number of aromatic nitrogens is 4.